The number of para-hydroxylation sites is 1. The standard InChI is InChI=1S/C17H23N3OS/c1-2-3-4-8-13-22-17(21)15-11-12-20(19-16(15)18)14-9-6-5-7-10-14/h5-7,9-12,15H,2-4,8,13H2,1H3,(H2,18,19). The van der Waals surface area contributed by atoms with Gasteiger partial charge in [0, 0.05) is 12.0 Å². The average Bonchev–Trinajstić information content (AvgIpc) is 2.55. The van der Waals surface area contributed by atoms with Crippen LogP contribution in [-0.2, 0) is 4.79 Å². The van der Waals surface area contributed by atoms with Crippen molar-refractivity contribution in [3.05, 3.63) is 42.6 Å². The molecule has 0 saturated heterocycles. The summed E-state index contributed by atoms with van der Waals surface area (Å²) in [4.78, 5) is 12.2. The first-order valence-corrected chi connectivity index (χ1v) is 8.74. The van der Waals surface area contributed by atoms with Crippen molar-refractivity contribution in [2.75, 3.05) is 10.8 Å². The number of carbonyl (C=O) groups excluding carboxylic acids is 1. The molecule has 4 nitrogen and oxygen atoms in total. The zero-order valence-electron chi connectivity index (χ0n) is 12.9. The second kappa shape index (κ2) is 8.63. The van der Waals surface area contributed by atoms with Crippen LogP contribution in [0.15, 0.2) is 47.7 Å². The maximum Gasteiger partial charge on any atom is 0.203 e. The normalized spacial score (nSPS) is 17.4. The molecule has 1 heterocycles. The van der Waals surface area contributed by atoms with E-state index in [2.05, 4.69) is 12.0 Å². The van der Waals surface area contributed by atoms with E-state index in [1.54, 1.807) is 5.01 Å². The van der Waals surface area contributed by atoms with Gasteiger partial charge in [-0.2, -0.15) is 5.10 Å². The highest BCUT2D eigenvalue weighted by molar-refractivity contribution is 8.13. The number of carbonyl (C=O) groups is 1. The highest BCUT2D eigenvalue weighted by Gasteiger charge is 2.24. The number of anilines is 1. The van der Waals surface area contributed by atoms with E-state index in [4.69, 9.17) is 5.73 Å². The predicted molar refractivity (Wildman–Crippen MR) is 94.8 cm³/mol. The van der Waals surface area contributed by atoms with E-state index in [0.717, 1.165) is 17.9 Å². The van der Waals surface area contributed by atoms with Crippen LogP contribution in [0.2, 0.25) is 0 Å². The summed E-state index contributed by atoms with van der Waals surface area (Å²) in [7, 11) is 0. The summed E-state index contributed by atoms with van der Waals surface area (Å²) in [5.74, 6) is 0.812. The highest BCUT2D eigenvalue weighted by Crippen LogP contribution is 2.22. The lowest BCUT2D eigenvalue weighted by atomic mass is 10.1. The third-order valence-corrected chi connectivity index (χ3v) is 4.51. The van der Waals surface area contributed by atoms with Crippen LogP contribution < -0.4 is 10.7 Å². The lowest BCUT2D eigenvalue weighted by Gasteiger charge is -2.22. The molecule has 0 radical (unpaired) electrons. The number of amidine groups is 1. The zero-order valence-corrected chi connectivity index (χ0v) is 13.8. The fourth-order valence-electron chi connectivity index (χ4n) is 2.20. The largest absolute Gasteiger partial charge is 0.385 e. The fraction of sp³-hybridized carbons (Fsp3) is 0.412. The molecule has 1 aliphatic heterocycles. The summed E-state index contributed by atoms with van der Waals surface area (Å²) in [6.45, 7) is 2.18. The maximum atomic E-state index is 12.2. The third kappa shape index (κ3) is 4.63. The Morgan fingerprint density at radius 2 is 2.05 bits per heavy atom. The number of hydrogen-bond donors (Lipinski definition) is 1. The molecule has 1 aromatic rings. The molecular formula is C17H23N3OS. The molecule has 118 valence electrons. The van der Waals surface area contributed by atoms with Gasteiger partial charge in [0.1, 0.15) is 11.8 Å². The molecule has 0 aliphatic carbocycles. The molecule has 0 amide bonds. The first-order chi connectivity index (χ1) is 10.7. The number of rotatable bonds is 7. The van der Waals surface area contributed by atoms with Crippen molar-refractivity contribution in [1.82, 2.24) is 0 Å². The van der Waals surface area contributed by atoms with Crippen LogP contribution in [0.3, 0.4) is 0 Å². The van der Waals surface area contributed by atoms with Gasteiger partial charge < -0.3 is 5.73 Å². The van der Waals surface area contributed by atoms with Crippen molar-refractivity contribution >= 4 is 28.4 Å². The van der Waals surface area contributed by atoms with Gasteiger partial charge in [-0.15, -0.1) is 0 Å². The smallest absolute Gasteiger partial charge is 0.203 e. The monoisotopic (exact) mass is 317 g/mol. The summed E-state index contributed by atoms with van der Waals surface area (Å²) in [6.07, 6.45) is 8.34. The van der Waals surface area contributed by atoms with Crippen molar-refractivity contribution in [2.45, 2.75) is 32.6 Å². The molecule has 0 bridgehead atoms. The average molecular weight is 317 g/mol. The number of nitrogens with zero attached hydrogens (tertiary/aromatic N) is 2. The second-order valence-electron chi connectivity index (χ2n) is 5.25. The van der Waals surface area contributed by atoms with Crippen molar-refractivity contribution in [3.8, 4) is 0 Å². The van der Waals surface area contributed by atoms with E-state index >= 15 is 0 Å². The fourth-order valence-corrected chi connectivity index (χ4v) is 3.13. The molecule has 1 unspecified atom stereocenters. The van der Waals surface area contributed by atoms with Crippen molar-refractivity contribution in [2.24, 2.45) is 16.8 Å². The Bertz CT molecular complexity index is 542. The quantitative estimate of drug-likeness (QED) is 0.778. The Kier molecular flexibility index (Phi) is 6.52. The molecule has 1 aliphatic rings. The van der Waals surface area contributed by atoms with Gasteiger partial charge in [-0.1, -0.05) is 56.1 Å². The van der Waals surface area contributed by atoms with E-state index in [0.29, 0.717) is 5.84 Å². The minimum atomic E-state index is -0.406. The summed E-state index contributed by atoms with van der Waals surface area (Å²) < 4.78 is 0. The second-order valence-corrected chi connectivity index (χ2v) is 6.35. The van der Waals surface area contributed by atoms with Crippen molar-refractivity contribution < 1.29 is 4.79 Å². The molecular weight excluding hydrogens is 294 g/mol. The Balaban J connectivity index is 1.87. The minimum Gasteiger partial charge on any atom is -0.385 e. The summed E-state index contributed by atoms with van der Waals surface area (Å²) in [5, 5.41) is 6.10. The molecule has 0 saturated carbocycles. The van der Waals surface area contributed by atoms with Gasteiger partial charge in [-0.3, -0.25) is 4.79 Å². The number of thioether (sulfide) groups is 1. The Morgan fingerprint density at radius 1 is 1.27 bits per heavy atom. The van der Waals surface area contributed by atoms with Gasteiger partial charge in [0.05, 0.1) is 5.69 Å². The molecule has 1 atom stereocenters. The number of nitrogens with two attached hydrogens (primary N) is 1. The number of hydrazone groups is 1. The summed E-state index contributed by atoms with van der Waals surface area (Å²) in [6, 6.07) is 9.74. The zero-order chi connectivity index (χ0) is 15.8. The Morgan fingerprint density at radius 3 is 2.73 bits per heavy atom. The molecule has 5 heteroatoms. The molecule has 2 N–H and O–H groups in total. The van der Waals surface area contributed by atoms with Gasteiger partial charge in [0.25, 0.3) is 0 Å². The number of unbranched alkanes of at least 4 members (excludes halogenated alkanes) is 3. The van der Waals surface area contributed by atoms with Crippen molar-refractivity contribution in [3.63, 3.8) is 0 Å². The molecule has 22 heavy (non-hydrogen) atoms. The van der Waals surface area contributed by atoms with E-state index in [1.807, 2.05) is 42.6 Å². The Labute approximate surface area is 136 Å². The van der Waals surface area contributed by atoms with E-state index in [9.17, 15) is 4.79 Å². The summed E-state index contributed by atoms with van der Waals surface area (Å²) in [5.41, 5.74) is 6.91. The molecule has 0 fully saturated rings. The predicted octanol–water partition coefficient (Wildman–Crippen LogP) is 3.75. The van der Waals surface area contributed by atoms with Gasteiger partial charge in [-0.25, -0.2) is 5.01 Å². The first kappa shape index (κ1) is 16.6. The highest BCUT2D eigenvalue weighted by atomic mass is 32.2. The van der Waals surface area contributed by atoms with E-state index in [-0.39, 0.29) is 5.12 Å². The van der Waals surface area contributed by atoms with Gasteiger partial charge in [0.15, 0.2) is 0 Å². The first-order valence-electron chi connectivity index (χ1n) is 7.75. The molecule has 2 rings (SSSR count). The van der Waals surface area contributed by atoms with Crippen LogP contribution in [0.1, 0.15) is 32.6 Å². The van der Waals surface area contributed by atoms with Gasteiger partial charge in [-0.05, 0) is 24.6 Å². The van der Waals surface area contributed by atoms with E-state index in [1.165, 1.54) is 31.0 Å². The number of benzene rings is 1. The van der Waals surface area contributed by atoms with Crippen LogP contribution in [0, 0.1) is 5.92 Å². The SMILES string of the molecule is CCCCCCSC(=O)C1C=CN(c2ccccc2)N=C1N. The Hall–Kier alpha value is -1.75. The molecule has 1 aromatic carbocycles. The van der Waals surface area contributed by atoms with Crippen LogP contribution in [0.4, 0.5) is 5.69 Å². The number of hydrogen-bond acceptors (Lipinski definition) is 5. The molecule has 0 spiro atoms. The van der Waals surface area contributed by atoms with Gasteiger partial charge in [0.2, 0.25) is 5.12 Å². The lowest BCUT2D eigenvalue weighted by molar-refractivity contribution is -0.111. The molecule has 0 aromatic heterocycles. The maximum absolute atomic E-state index is 12.2. The van der Waals surface area contributed by atoms with Crippen molar-refractivity contribution in [1.29, 1.82) is 0 Å². The minimum absolute atomic E-state index is 0.0849. The van der Waals surface area contributed by atoms with Crippen LogP contribution in [0.25, 0.3) is 0 Å². The van der Waals surface area contributed by atoms with Crippen LogP contribution >= 0.6 is 11.8 Å². The third-order valence-electron chi connectivity index (χ3n) is 3.48. The van der Waals surface area contributed by atoms with Crippen LogP contribution in [-0.4, -0.2) is 16.7 Å². The van der Waals surface area contributed by atoms with Gasteiger partial charge >= 0.3 is 0 Å². The summed E-state index contributed by atoms with van der Waals surface area (Å²) >= 11 is 1.36. The lowest BCUT2D eigenvalue weighted by Crippen LogP contribution is -2.33. The van der Waals surface area contributed by atoms with Crippen LogP contribution in [0.5, 0.6) is 0 Å². The van der Waals surface area contributed by atoms with E-state index < -0.39 is 5.92 Å². The topological polar surface area (TPSA) is 58.7 Å².